The number of amides is 1. The second kappa shape index (κ2) is 7.19. The van der Waals surface area contributed by atoms with Crippen LogP contribution < -0.4 is 5.32 Å². The Kier molecular flexibility index (Phi) is 5.30. The average molecular weight is 292 g/mol. The van der Waals surface area contributed by atoms with E-state index in [2.05, 4.69) is 5.32 Å². The summed E-state index contributed by atoms with van der Waals surface area (Å²) in [6, 6.07) is 7.22. The molecule has 0 spiro atoms. The van der Waals surface area contributed by atoms with Crippen LogP contribution in [0.3, 0.4) is 0 Å². The lowest BCUT2D eigenvalue weighted by Gasteiger charge is -2.34. The highest BCUT2D eigenvalue weighted by Gasteiger charge is 2.31. The quantitative estimate of drug-likeness (QED) is 0.803. The second-order valence-corrected chi connectivity index (χ2v) is 5.08. The van der Waals surface area contributed by atoms with Crippen molar-refractivity contribution in [3.05, 3.63) is 35.4 Å². The number of ether oxygens (including phenoxy) is 1. The molecule has 1 fully saturated rings. The number of carboxylic acid groups (broad SMARTS) is 1. The van der Waals surface area contributed by atoms with Crippen molar-refractivity contribution in [3.63, 3.8) is 0 Å². The zero-order valence-corrected chi connectivity index (χ0v) is 12.0. The molecule has 21 heavy (non-hydrogen) atoms. The van der Waals surface area contributed by atoms with Gasteiger partial charge in [-0.05, 0) is 11.1 Å². The minimum absolute atomic E-state index is 0.182. The molecule has 0 radical (unpaired) electrons. The van der Waals surface area contributed by atoms with Crippen molar-refractivity contribution in [1.29, 1.82) is 0 Å². The topological polar surface area (TPSA) is 78.9 Å². The van der Waals surface area contributed by atoms with Crippen molar-refractivity contribution in [3.8, 4) is 0 Å². The summed E-state index contributed by atoms with van der Waals surface area (Å²) in [6.45, 7) is 2.23. The molecule has 6 heteroatoms. The molecule has 114 valence electrons. The molecule has 1 aliphatic rings. The van der Waals surface area contributed by atoms with E-state index in [1.54, 1.807) is 7.11 Å². The largest absolute Gasteiger partial charge is 0.481 e. The van der Waals surface area contributed by atoms with E-state index < -0.39 is 12.0 Å². The molecule has 2 N–H and O–H groups in total. The Hall–Kier alpha value is -1.92. The standard InChI is InChI=1S/C15H20N2O4/c1-21-10-12-5-3-2-4-11(12)9-17-7-6-16-15(20)13(17)8-14(18)19/h2-5,13H,6-10H2,1H3,(H,16,20)(H,18,19). The first-order chi connectivity index (χ1) is 10.1. The van der Waals surface area contributed by atoms with Crippen molar-refractivity contribution in [2.75, 3.05) is 20.2 Å². The van der Waals surface area contributed by atoms with E-state index in [1.807, 2.05) is 29.2 Å². The molecule has 1 atom stereocenters. The molecule has 1 aromatic carbocycles. The zero-order valence-electron chi connectivity index (χ0n) is 12.0. The first kappa shape index (κ1) is 15.5. The number of nitrogens with one attached hydrogen (secondary N) is 1. The van der Waals surface area contributed by atoms with Crippen LogP contribution in [0, 0.1) is 0 Å². The van der Waals surface area contributed by atoms with Gasteiger partial charge in [-0.15, -0.1) is 0 Å². The molecule has 2 rings (SSSR count). The summed E-state index contributed by atoms with van der Waals surface area (Å²) in [5.41, 5.74) is 2.12. The fourth-order valence-electron chi connectivity index (χ4n) is 2.57. The summed E-state index contributed by atoms with van der Waals surface area (Å²) in [4.78, 5) is 24.8. The molecule has 0 saturated carbocycles. The minimum atomic E-state index is -0.966. The van der Waals surface area contributed by atoms with Crippen molar-refractivity contribution >= 4 is 11.9 Å². The number of hydrogen-bond acceptors (Lipinski definition) is 4. The van der Waals surface area contributed by atoms with E-state index in [0.29, 0.717) is 26.2 Å². The van der Waals surface area contributed by atoms with E-state index in [-0.39, 0.29) is 12.3 Å². The summed E-state index contributed by atoms with van der Waals surface area (Å²) in [6.07, 6.45) is -0.182. The van der Waals surface area contributed by atoms with Gasteiger partial charge in [0.15, 0.2) is 0 Å². The van der Waals surface area contributed by atoms with Crippen LogP contribution in [0.1, 0.15) is 17.5 Å². The Morgan fingerprint density at radius 1 is 1.43 bits per heavy atom. The summed E-state index contributed by atoms with van der Waals surface area (Å²) < 4.78 is 5.18. The number of benzene rings is 1. The molecule has 0 aromatic heterocycles. The number of methoxy groups -OCH3 is 1. The highest BCUT2D eigenvalue weighted by Crippen LogP contribution is 2.17. The average Bonchev–Trinajstić information content (AvgIpc) is 2.45. The van der Waals surface area contributed by atoms with Gasteiger partial charge in [0.25, 0.3) is 0 Å². The highest BCUT2D eigenvalue weighted by molar-refractivity contribution is 5.86. The van der Waals surface area contributed by atoms with E-state index in [9.17, 15) is 9.59 Å². The van der Waals surface area contributed by atoms with Crippen LogP contribution in [0.4, 0.5) is 0 Å². The van der Waals surface area contributed by atoms with Gasteiger partial charge in [0, 0.05) is 26.7 Å². The first-order valence-electron chi connectivity index (χ1n) is 6.91. The summed E-state index contributed by atoms with van der Waals surface area (Å²) in [5.74, 6) is -1.18. The van der Waals surface area contributed by atoms with Crippen LogP contribution in [0.15, 0.2) is 24.3 Å². The Labute approximate surface area is 123 Å². The van der Waals surface area contributed by atoms with Crippen LogP contribution >= 0.6 is 0 Å². The summed E-state index contributed by atoms with van der Waals surface area (Å²) in [7, 11) is 1.64. The first-order valence-corrected chi connectivity index (χ1v) is 6.91. The number of carbonyl (C=O) groups excluding carboxylic acids is 1. The third-order valence-electron chi connectivity index (χ3n) is 3.60. The van der Waals surface area contributed by atoms with Crippen LogP contribution in [0.25, 0.3) is 0 Å². The molecule has 1 aliphatic heterocycles. The fraction of sp³-hybridized carbons (Fsp3) is 0.467. The van der Waals surface area contributed by atoms with Crippen molar-refractivity contribution in [2.24, 2.45) is 0 Å². The molecule has 1 amide bonds. The molecule has 1 aromatic rings. The lowest BCUT2D eigenvalue weighted by molar-refractivity contribution is -0.143. The Morgan fingerprint density at radius 2 is 2.14 bits per heavy atom. The smallest absolute Gasteiger partial charge is 0.305 e. The number of carbonyl (C=O) groups is 2. The number of nitrogens with zero attached hydrogens (tertiary/aromatic N) is 1. The maximum Gasteiger partial charge on any atom is 0.305 e. The Balaban J connectivity index is 2.15. The van der Waals surface area contributed by atoms with Crippen LogP contribution in [-0.4, -0.2) is 48.1 Å². The SMILES string of the molecule is COCc1ccccc1CN1CCNC(=O)C1CC(=O)O. The predicted molar refractivity (Wildman–Crippen MR) is 76.6 cm³/mol. The van der Waals surface area contributed by atoms with E-state index >= 15 is 0 Å². The van der Waals surface area contributed by atoms with Crippen LogP contribution in [-0.2, 0) is 27.5 Å². The minimum Gasteiger partial charge on any atom is -0.481 e. The third kappa shape index (κ3) is 4.03. The van der Waals surface area contributed by atoms with Crippen molar-refractivity contribution < 1.29 is 19.4 Å². The van der Waals surface area contributed by atoms with E-state index in [4.69, 9.17) is 9.84 Å². The van der Waals surface area contributed by atoms with Gasteiger partial charge in [-0.3, -0.25) is 14.5 Å². The number of aliphatic carboxylic acids is 1. The lowest BCUT2D eigenvalue weighted by atomic mass is 10.0. The van der Waals surface area contributed by atoms with Gasteiger partial charge in [0.1, 0.15) is 6.04 Å². The van der Waals surface area contributed by atoms with Crippen LogP contribution in [0.5, 0.6) is 0 Å². The third-order valence-corrected chi connectivity index (χ3v) is 3.60. The summed E-state index contributed by atoms with van der Waals surface area (Å²) >= 11 is 0. The van der Waals surface area contributed by atoms with E-state index in [1.165, 1.54) is 0 Å². The molecule has 0 aliphatic carbocycles. The van der Waals surface area contributed by atoms with Gasteiger partial charge in [-0.25, -0.2) is 0 Å². The fourth-order valence-corrected chi connectivity index (χ4v) is 2.57. The molecule has 1 heterocycles. The van der Waals surface area contributed by atoms with Gasteiger partial charge in [-0.1, -0.05) is 24.3 Å². The lowest BCUT2D eigenvalue weighted by Crippen LogP contribution is -2.55. The molecule has 6 nitrogen and oxygen atoms in total. The molecule has 1 saturated heterocycles. The molecular weight excluding hydrogens is 272 g/mol. The number of hydrogen-bond donors (Lipinski definition) is 2. The zero-order chi connectivity index (χ0) is 15.2. The van der Waals surface area contributed by atoms with Gasteiger partial charge >= 0.3 is 5.97 Å². The Bertz CT molecular complexity index is 518. The van der Waals surface area contributed by atoms with Crippen molar-refractivity contribution in [2.45, 2.75) is 25.6 Å². The number of carboxylic acids is 1. The molecular formula is C15H20N2O4. The number of rotatable bonds is 6. The maximum absolute atomic E-state index is 11.9. The van der Waals surface area contributed by atoms with Gasteiger partial charge in [0.05, 0.1) is 13.0 Å². The van der Waals surface area contributed by atoms with Gasteiger partial charge < -0.3 is 15.2 Å². The predicted octanol–water partition coefficient (Wildman–Crippen LogP) is 0.608. The van der Waals surface area contributed by atoms with Crippen molar-refractivity contribution in [1.82, 2.24) is 10.2 Å². The Morgan fingerprint density at radius 3 is 2.81 bits per heavy atom. The molecule has 0 bridgehead atoms. The van der Waals surface area contributed by atoms with Gasteiger partial charge in [0.2, 0.25) is 5.91 Å². The number of piperazine rings is 1. The monoisotopic (exact) mass is 292 g/mol. The second-order valence-electron chi connectivity index (χ2n) is 5.08. The van der Waals surface area contributed by atoms with E-state index in [0.717, 1.165) is 11.1 Å². The molecule has 1 unspecified atom stereocenters. The van der Waals surface area contributed by atoms with Crippen LogP contribution in [0.2, 0.25) is 0 Å². The maximum atomic E-state index is 11.9. The summed E-state index contributed by atoms with van der Waals surface area (Å²) in [5, 5.41) is 11.7. The van der Waals surface area contributed by atoms with Gasteiger partial charge in [-0.2, -0.15) is 0 Å². The normalized spacial score (nSPS) is 19.3. The highest BCUT2D eigenvalue weighted by atomic mass is 16.5.